The molecule has 0 unspecified atom stereocenters. The molecule has 0 saturated heterocycles. The smallest absolute Gasteiger partial charge is 0.251 e. The molecule has 2 aromatic heterocycles. The van der Waals surface area contributed by atoms with E-state index in [1.807, 2.05) is 13.0 Å². The van der Waals surface area contributed by atoms with Crippen LogP contribution in [0.4, 0.5) is 11.6 Å². The molecule has 1 aliphatic carbocycles. The van der Waals surface area contributed by atoms with Crippen LogP contribution in [0.25, 0.3) is 11.1 Å². The van der Waals surface area contributed by atoms with E-state index < -0.39 is 0 Å². The first kappa shape index (κ1) is 24.6. The molecule has 4 aromatic rings. The zero-order valence-corrected chi connectivity index (χ0v) is 20.8. The first-order valence-electron chi connectivity index (χ1n) is 12.0. The maximum atomic E-state index is 12.4. The minimum atomic E-state index is -0.273. The Bertz CT molecular complexity index is 1460. The Kier molecular flexibility index (Phi) is 7.08. The molecule has 2 aromatic carbocycles. The molecule has 0 spiro atoms. The second-order valence-corrected chi connectivity index (χ2v) is 8.87. The van der Waals surface area contributed by atoms with Crippen LogP contribution in [0, 0.1) is 11.3 Å². The fraction of sp³-hybridized carbons (Fsp3) is 0.269. The third kappa shape index (κ3) is 5.84. The summed E-state index contributed by atoms with van der Waals surface area (Å²) in [7, 11) is 1.54. The number of methoxy groups -OCH3 is 1. The molecule has 0 radical (unpaired) electrons. The molecule has 1 amide bonds. The molecule has 1 atom stereocenters. The molecule has 5 rings (SSSR count). The van der Waals surface area contributed by atoms with Crippen LogP contribution in [-0.2, 0) is 6.54 Å². The number of anilines is 2. The van der Waals surface area contributed by atoms with Gasteiger partial charge in [0, 0.05) is 29.6 Å². The van der Waals surface area contributed by atoms with E-state index in [0.29, 0.717) is 40.8 Å². The number of nitriles is 1. The van der Waals surface area contributed by atoms with Gasteiger partial charge in [0.25, 0.3) is 5.91 Å². The summed E-state index contributed by atoms with van der Waals surface area (Å²) in [6, 6.07) is 12.9. The number of benzene rings is 2. The zero-order valence-electron chi connectivity index (χ0n) is 20.8. The first-order chi connectivity index (χ1) is 18.5. The summed E-state index contributed by atoms with van der Waals surface area (Å²) >= 11 is 0. The maximum Gasteiger partial charge on any atom is 0.251 e. The van der Waals surface area contributed by atoms with E-state index in [1.54, 1.807) is 54.5 Å². The number of carbonyl (C=O) groups is 1. The molecule has 1 fully saturated rings. The maximum absolute atomic E-state index is 12.4. The highest BCUT2D eigenvalue weighted by molar-refractivity contribution is 5.95. The highest BCUT2D eigenvalue weighted by Gasteiger charge is 2.24. The standard InChI is InChI=1S/C26H25N9O3/c1-16(14-35-15-30-33-34-35)38-23-9-17(3-4-19(23)11-27)20-12-28-26(29-13-20)32-22-8-5-18(10-24(22)37-2)25(36)31-21-6-7-21/h3-5,8-10,12-13,15-16,21H,6-7,14H2,1-2H3,(H,31,36)(H,28,29,32)/t16-/m0/s1. The van der Waals surface area contributed by atoms with Crippen molar-refractivity contribution in [1.82, 2.24) is 35.5 Å². The Hall–Kier alpha value is -5.05. The number of rotatable bonds is 10. The largest absolute Gasteiger partial charge is 0.495 e. The fourth-order valence-electron chi connectivity index (χ4n) is 3.77. The predicted molar refractivity (Wildman–Crippen MR) is 137 cm³/mol. The number of aromatic nitrogens is 6. The van der Waals surface area contributed by atoms with Gasteiger partial charge in [0.05, 0.1) is 24.9 Å². The summed E-state index contributed by atoms with van der Waals surface area (Å²) in [4.78, 5) is 21.2. The molecule has 2 heterocycles. The van der Waals surface area contributed by atoms with Crippen LogP contribution >= 0.6 is 0 Å². The van der Waals surface area contributed by atoms with Crippen LogP contribution in [0.3, 0.4) is 0 Å². The van der Waals surface area contributed by atoms with Crippen LogP contribution in [-0.4, -0.2) is 55.3 Å². The molecular weight excluding hydrogens is 486 g/mol. The molecule has 12 heteroatoms. The van der Waals surface area contributed by atoms with E-state index in [0.717, 1.165) is 24.0 Å². The summed E-state index contributed by atoms with van der Waals surface area (Å²) in [5.41, 5.74) is 3.12. The van der Waals surface area contributed by atoms with Gasteiger partial charge in [-0.1, -0.05) is 6.07 Å². The topological polar surface area (TPSA) is 153 Å². The van der Waals surface area contributed by atoms with Gasteiger partial charge < -0.3 is 20.1 Å². The van der Waals surface area contributed by atoms with E-state index in [1.165, 1.54) is 6.33 Å². The molecule has 192 valence electrons. The van der Waals surface area contributed by atoms with Crippen molar-refractivity contribution in [1.29, 1.82) is 5.26 Å². The molecule has 1 aliphatic rings. The van der Waals surface area contributed by atoms with Crippen molar-refractivity contribution in [2.45, 2.75) is 38.5 Å². The van der Waals surface area contributed by atoms with Crippen molar-refractivity contribution < 1.29 is 14.3 Å². The lowest BCUT2D eigenvalue weighted by molar-refractivity contribution is 0.0950. The van der Waals surface area contributed by atoms with E-state index in [-0.39, 0.29) is 18.1 Å². The average molecular weight is 512 g/mol. The minimum absolute atomic E-state index is 0.117. The summed E-state index contributed by atoms with van der Waals surface area (Å²) in [5, 5.41) is 26.7. The first-order valence-corrected chi connectivity index (χ1v) is 12.0. The van der Waals surface area contributed by atoms with E-state index >= 15 is 0 Å². The third-order valence-corrected chi connectivity index (χ3v) is 5.87. The van der Waals surface area contributed by atoms with Gasteiger partial charge >= 0.3 is 0 Å². The number of ether oxygens (including phenoxy) is 2. The molecule has 38 heavy (non-hydrogen) atoms. The lowest BCUT2D eigenvalue weighted by atomic mass is 10.1. The quantitative estimate of drug-likeness (QED) is 0.325. The SMILES string of the molecule is COc1cc(C(=O)NC2CC2)ccc1Nc1ncc(-c2ccc(C#N)c(O[C@@H](C)Cn3cnnn3)c2)cn1. The molecule has 0 aliphatic heterocycles. The Morgan fingerprint density at radius 2 is 1.97 bits per heavy atom. The van der Waals surface area contributed by atoms with Crippen LogP contribution in [0.2, 0.25) is 0 Å². The van der Waals surface area contributed by atoms with Gasteiger partial charge in [-0.05, 0) is 66.1 Å². The highest BCUT2D eigenvalue weighted by Crippen LogP contribution is 2.30. The van der Waals surface area contributed by atoms with Gasteiger partial charge in [0.1, 0.15) is 30.0 Å². The predicted octanol–water partition coefficient (Wildman–Crippen LogP) is 3.11. The molecular formula is C26H25N9O3. The van der Waals surface area contributed by atoms with Crippen molar-refractivity contribution in [2.75, 3.05) is 12.4 Å². The van der Waals surface area contributed by atoms with Crippen molar-refractivity contribution in [3.63, 3.8) is 0 Å². The van der Waals surface area contributed by atoms with Crippen LogP contribution in [0.15, 0.2) is 55.1 Å². The van der Waals surface area contributed by atoms with Gasteiger partial charge in [-0.25, -0.2) is 14.6 Å². The molecule has 12 nitrogen and oxygen atoms in total. The van der Waals surface area contributed by atoms with Gasteiger partial charge in [0.15, 0.2) is 0 Å². The number of amides is 1. The van der Waals surface area contributed by atoms with Gasteiger partial charge in [-0.15, -0.1) is 5.10 Å². The highest BCUT2D eigenvalue weighted by atomic mass is 16.5. The van der Waals surface area contributed by atoms with Gasteiger partial charge in [-0.3, -0.25) is 4.79 Å². The monoisotopic (exact) mass is 511 g/mol. The summed E-state index contributed by atoms with van der Waals surface area (Å²) < 4.78 is 13.0. The molecule has 0 bridgehead atoms. The minimum Gasteiger partial charge on any atom is -0.495 e. The lowest BCUT2D eigenvalue weighted by Crippen LogP contribution is -2.25. The van der Waals surface area contributed by atoms with Crippen LogP contribution in [0.5, 0.6) is 11.5 Å². The molecule has 1 saturated carbocycles. The Morgan fingerprint density at radius 1 is 1.16 bits per heavy atom. The van der Waals surface area contributed by atoms with Crippen molar-refractivity contribution >= 4 is 17.5 Å². The van der Waals surface area contributed by atoms with E-state index in [4.69, 9.17) is 9.47 Å². The summed E-state index contributed by atoms with van der Waals surface area (Å²) in [6.07, 6.45) is 6.63. The average Bonchev–Trinajstić information content (AvgIpc) is 3.60. The normalized spacial score (nSPS) is 13.3. The Morgan fingerprint density at radius 3 is 2.66 bits per heavy atom. The van der Waals surface area contributed by atoms with Crippen molar-refractivity contribution in [3.05, 3.63) is 66.2 Å². The number of carbonyl (C=O) groups excluding carboxylic acids is 1. The summed E-state index contributed by atoms with van der Waals surface area (Å²) in [6.45, 7) is 2.31. The Labute approximate surface area is 218 Å². The number of tetrazole rings is 1. The molecule has 2 N–H and O–H groups in total. The van der Waals surface area contributed by atoms with Gasteiger partial charge in [0.2, 0.25) is 5.95 Å². The van der Waals surface area contributed by atoms with Crippen LogP contribution in [0.1, 0.15) is 35.7 Å². The van der Waals surface area contributed by atoms with Gasteiger partial charge in [-0.2, -0.15) is 5.26 Å². The second-order valence-electron chi connectivity index (χ2n) is 8.87. The summed E-state index contributed by atoms with van der Waals surface area (Å²) in [5.74, 6) is 1.20. The second kappa shape index (κ2) is 10.9. The van der Waals surface area contributed by atoms with E-state index in [9.17, 15) is 10.1 Å². The number of nitrogens with one attached hydrogen (secondary N) is 2. The zero-order chi connectivity index (χ0) is 26.5. The van der Waals surface area contributed by atoms with Crippen LogP contribution < -0.4 is 20.1 Å². The fourth-order valence-corrected chi connectivity index (χ4v) is 3.77. The van der Waals surface area contributed by atoms with Crippen molar-refractivity contribution in [2.24, 2.45) is 0 Å². The number of hydrogen-bond acceptors (Lipinski definition) is 10. The lowest BCUT2D eigenvalue weighted by Gasteiger charge is -2.16. The van der Waals surface area contributed by atoms with Crippen molar-refractivity contribution in [3.8, 4) is 28.7 Å². The number of hydrogen-bond donors (Lipinski definition) is 2. The third-order valence-electron chi connectivity index (χ3n) is 5.87. The Balaban J connectivity index is 1.29. The van der Waals surface area contributed by atoms with E-state index in [2.05, 4.69) is 42.2 Å². The number of nitrogens with zero attached hydrogens (tertiary/aromatic N) is 7.